The summed E-state index contributed by atoms with van der Waals surface area (Å²) in [6.45, 7) is 0. The zero-order valence-electron chi connectivity index (χ0n) is 10.9. The topological polar surface area (TPSA) is 30.0 Å². The lowest BCUT2D eigenvalue weighted by Crippen LogP contribution is -2.03. The van der Waals surface area contributed by atoms with Gasteiger partial charge in [0.15, 0.2) is 5.78 Å². The van der Waals surface area contributed by atoms with E-state index in [1.165, 1.54) is 0 Å². The second-order valence-corrected chi connectivity index (χ2v) is 4.46. The van der Waals surface area contributed by atoms with Gasteiger partial charge >= 0.3 is 0 Å². The summed E-state index contributed by atoms with van der Waals surface area (Å²) in [5, 5.41) is 0. The molecular weight excluding hydrogens is 246 g/mol. The Morgan fingerprint density at radius 1 is 0.750 bits per heavy atom. The van der Waals surface area contributed by atoms with Crippen molar-refractivity contribution in [2.24, 2.45) is 0 Å². The number of carbonyl (C=O) groups is 1. The quantitative estimate of drug-likeness (QED) is 0.666. The number of benzene rings is 2. The molecule has 0 fully saturated rings. The van der Waals surface area contributed by atoms with Gasteiger partial charge in [0.25, 0.3) is 0 Å². The Morgan fingerprint density at radius 2 is 1.45 bits per heavy atom. The van der Waals surface area contributed by atoms with Crippen molar-refractivity contribution in [2.45, 2.75) is 0 Å². The molecule has 0 saturated carbocycles. The SMILES string of the molecule is O=C(c1ccccc1)c1ccccc1-c1ccccn1. The van der Waals surface area contributed by atoms with Crippen LogP contribution < -0.4 is 0 Å². The van der Waals surface area contributed by atoms with Crippen LogP contribution in [0.1, 0.15) is 15.9 Å². The second-order valence-electron chi connectivity index (χ2n) is 4.46. The molecule has 0 aliphatic rings. The molecule has 0 spiro atoms. The largest absolute Gasteiger partial charge is 0.289 e. The summed E-state index contributed by atoms with van der Waals surface area (Å²) < 4.78 is 0. The maximum absolute atomic E-state index is 12.6. The fraction of sp³-hybridized carbons (Fsp3) is 0. The molecule has 0 aliphatic heterocycles. The lowest BCUT2D eigenvalue weighted by molar-refractivity contribution is 0.103. The minimum Gasteiger partial charge on any atom is -0.289 e. The van der Waals surface area contributed by atoms with E-state index in [0.29, 0.717) is 11.1 Å². The molecule has 2 aromatic carbocycles. The Hall–Kier alpha value is -2.74. The van der Waals surface area contributed by atoms with Crippen LogP contribution in [-0.2, 0) is 0 Å². The monoisotopic (exact) mass is 259 g/mol. The molecule has 0 radical (unpaired) electrons. The van der Waals surface area contributed by atoms with E-state index >= 15 is 0 Å². The van der Waals surface area contributed by atoms with Crippen LogP contribution in [0, 0.1) is 0 Å². The van der Waals surface area contributed by atoms with Crippen LogP contribution in [0.25, 0.3) is 11.3 Å². The van der Waals surface area contributed by atoms with Crippen molar-refractivity contribution < 1.29 is 4.79 Å². The number of aromatic nitrogens is 1. The molecular formula is C18H13NO. The predicted octanol–water partition coefficient (Wildman–Crippen LogP) is 3.98. The highest BCUT2D eigenvalue weighted by molar-refractivity contribution is 6.12. The minimum atomic E-state index is 0.0202. The highest BCUT2D eigenvalue weighted by atomic mass is 16.1. The van der Waals surface area contributed by atoms with Crippen molar-refractivity contribution in [2.75, 3.05) is 0 Å². The molecule has 2 heteroatoms. The van der Waals surface area contributed by atoms with Crippen molar-refractivity contribution in [3.8, 4) is 11.3 Å². The molecule has 1 heterocycles. The van der Waals surface area contributed by atoms with Gasteiger partial charge in [0.2, 0.25) is 0 Å². The van der Waals surface area contributed by atoms with Crippen molar-refractivity contribution in [1.29, 1.82) is 0 Å². The molecule has 0 amide bonds. The lowest BCUT2D eigenvalue weighted by Gasteiger charge is -2.08. The molecule has 0 aliphatic carbocycles. The summed E-state index contributed by atoms with van der Waals surface area (Å²) in [5.74, 6) is 0.0202. The smallest absolute Gasteiger partial charge is 0.193 e. The number of carbonyl (C=O) groups excluding carboxylic acids is 1. The number of nitrogens with zero attached hydrogens (tertiary/aromatic N) is 1. The Kier molecular flexibility index (Phi) is 3.38. The Balaban J connectivity index is 2.10. The van der Waals surface area contributed by atoms with E-state index < -0.39 is 0 Å². The molecule has 0 saturated heterocycles. The van der Waals surface area contributed by atoms with Crippen molar-refractivity contribution >= 4 is 5.78 Å². The van der Waals surface area contributed by atoms with E-state index in [2.05, 4.69) is 4.98 Å². The van der Waals surface area contributed by atoms with E-state index in [4.69, 9.17) is 0 Å². The van der Waals surface area contributed by atoms with Crippen molar-refractivity contribution in [1.82, 2.24) is 4.98 Å². The second kappa shape index (κ2) is 5.49. The van der Waals surface area contributed by atoms with Crippen LogP contribution >= 0.6 is 0 Å². The van der Waals surface area contributed by atoms with E-state index in [1.54, 1.807) is 6.20 Å². The van der Waals surface area contributed by atoms with Gasteiger partial charge in [0.05, 0.1) is 5.69 Å². The van der Waals surface area contributed by atoms with Crippen LogP contribution in [0.3, 0.4) is 0 Å². The maximum atomic E-state index is 12.6. The van der Waals surface area contributed by atoms with Gasteiger partial charge in [0.1, 0.15) is 0 Å². The summed E-state index contributed by atoms with van der Waals surface area (Å²) in [6, 6.07) is 22.6. The van der Waals surface area contributed by atoms with E-state index in [-0.39, 0.29) is 5.78 Å². The fourth-order valence-corrected chi connectivity index (χ4v) is 2.17. The standard InChI is InChI=1S/C18H13NO/c20-18(14-8-2-1-3-9-14)16-11-5-4-10-15(16)17-12-6-7-13-19-17/h1-13H. The van der Waals surface area contributed by atoms with Gasteiger partial charge in [-0.3, -0.25) is 9.78 Å². The normalized spacial score (nSPS) is 10.2. The van der Waals surface area contributed by atoms with Crippen molar-refractivity contribution in [3.63, 3.8) is 0 Å². The summed E-state index contributed by atoms with van der Waals surface area (Å²) in [7, 11) is 0. The molecule has 3 rings (SSSR count). The molecule has 96 valence electrons. The third kappa shape index (κ3) is 2.36. The van der Waals surface area contributed by atoms with E-state index in [1.807, 2.05) is 72.8 Å². The van der Waals surface area contributed by atoms with Crippen LogP contribution in [-0.4, -0.2) is 10.8 Å². The number of pyridine rings is 1. The number of ketones is 1. The first kappa shape index (κ1) is 12.3. The Bertz CT molecular complexity index is 721. The van der Waals surface area contributed by atoms with Gasteiger partial charge in [-0.2, -0.15) is 0 Å². The highest BCUT2D eigenvalue weighted by Gasteiger charge is 2.14. The molecule has 0 N–H and O–H groups in total. The number of rotatable bonds is 3. The van der Waals surface area contributed by atoms with Gasteiger partial charge in [-0.1, -0.05) is 60.7 Å². The lowest BCUT2D eigenvalue weighted by atomic mass is 9.96. The third-order valence-electron chi connectivity index (χ3n) is 3.15. The Labute approximate surface area is 117 Å². The summed E-state index contributed by atoms with van der Waals surface area (Å²) >= 11 is 0. The number of hydrogen-bond donors (Lipinski definition) is 0. The zero-order chi connectivity index (χ0) is 13.8. The van der Waals surface area contributed by atoms with Gasteiger partial charge < -0.3 is 0 Å². The first-order chi connectivity index (χ1) is 9.86. The Morgan fingerprint density at radius 3 is 2.20 bits per heavy atom. The van der Waals surface area contributed by atoms with Crippen LogP contribution in [0.4, 0.5) is 0 Å². The van der Waals surface area contributed by atoms with Gasteiger partial charge in [-0.25, -0.2) is 0 Å². The molecule has 0 unspecified atom stereocenters. The first-order valence-corrected chi connectivity index (χ1v) is 6.46. The zero-order valence-corrected chi connectivity index (χ0v) is 10.9. The molecule has 1 aromatic heterocycles. The van der Waals surface area contributed by atoms with Crippen LogP contribution in [0.2, 0.25) is 0 Å². The fourth-order valence-electron chi connectivity index (χ4n) is 2.17. The average molecular weight is 259 g/mol. The first-order valence-electron chi connectivity index (χ1n) is 6.46. The third-order valence-corrected chi connectivity index (χ3v) is 3.15. The summed E-state index contributed by atoms with van der Waals surface area (Å²) in [4.78, 5) is 16.9. The van der Waals surface area contributed by atoms with E-state index in [9.17, 15) is 4.79 Å². The van der Waals surface area contributed by atoms with Crippen LogP contribution in [0.15, 0.2) is 79.0 Å². The average Bonchev–Trinajstić information content (AvgIpc) is 2.56. The molecule has 0 atom stereocenters. The molecule has 20 heavy (non-hydrogen) atoms. The van der Waals surface area contributed by atoms with Crippen molar-refractivity contribution in [3.05, 3.63) is 90.1 Å². The van der Waals surface area contributed by atoms with Gasteiger partial charge in [0, 0.05) is 22.9 Å². The van der Waals surface area contributed by atoms with Crippen LogP contribution in [0.5, 0.6) is 0 Å². The summed E-state index contributed by atoms with van der Waals surface area (Å²) in [5.41, 5.74) is 3.04. The van der Waals surface area contributed by atoms with Gasteiger partial charge in [-0.15, -0.1) is 0 Å². The number of hydrogen-bond acceptors (Lipinski definition) is 2. The maximum Gasteiger partial charge on any atom is 0.193 e. The molecule has 2 nitrogen and oxygen atoms in total. The molecule has 3 aromatic rings. The predicted molar refractivity (Wildman–Crippen MR) is 79.5 cm³/mol. The minimum absolute atomic E-state index is 0.0202. The van der Waals surface area contributed by atoms with Gasteiger partial charge in [-0.05, 0) is 12.1 Å². The highest BCUT2D eigenvalue weighted by Crippen LogP contribution is 2.23. The molecule has 0 bridgehead atoms. The van der Waals surface area contributed by atoms with E-state index in [0.717, 1.165) is 11.3 Å². The summed E-state index contributed by atoms with van der Waals surface area (Å²) in [6.07, 6.45) is 1.74.